The first kappa shape index (κ1) is 21.5. The van der Waals surface area contributed by atoms with Crippen LogP contribution in [0.2, 0.25) is 0 Å². The van der Waals surface area contributed by atoms with Crippen molar-refractivity contribution in [2.75, 3.05) is 0 Å². The number of benzene rings is 3. The highest BCUT2D eigenvalue weighted by Crippen LogP contribution is 2.24. The maximum Gasteiger partial charge on any atom is 0.279 e. The van der Waals surface area contributed by atoms with E-state index in [0.717, 1.165) is 17.5 Å². The molecule has 0 saturated heterocycles. The molecule has 170 valence electrons. The van der Waals surface area contributed by atoms with Gasteiger partial charge < -0.3 is 9.88 Å². The maximum absolute atomic E-state index is 13.1. The smallest absolute Gasteiger partial charge is 0.279 e. The molecule has 1 N–H and O–H groups in total. The van der Waals surface area contributed by atoms with Crippen LogP contribution in [-0.4, -0.2) is 30.5 Å². The summed E-state index contributed by atoms with van der Waals surface area (Å²) in [5.74, 6) is 0.509. The molecule has 0 saturated carbocycles. The Labute approximate surface area is 195 Å². The van der Waals surface area contributed by atoms with E-state index in [2.05, 4.69) is 22.6 Å². The second-order valence-corrected chi connectivity index (χ2v) is 8.12. The molecular weight excluding hydrogens is 428 g/mol. The maximum atomic E-state index is 13.1. The summed E-state index contributed by atoms with van der Waals surface area (Å²) in [5, 5.41) is 12.0. The molecule has 0 spiro atoms. The molecule has 0 fully saturated rings. The SMILES string of the molecule is CCC[C@@H](NC(=O)c1ccccc1)c1nc2ccccc2n1Cn1nnc2ccccc2c1=O. The molecule has 0 unspecified atom stereocenters. The second-order valence-electron chi connectivity index (χ2n) is 8.12. The number of fused-ring (bicyclic) bond motifs is 2. The number of hydrogen-bond donors (Lipinski definition) is 1. The van der Waals surface area contributed by atoms with Crippen LogP contribution in [0.4, 0.5) is 0 Å². The molecule has 0 aliphatic rings. The average molecular weight is 453 g/mol. The van der Waals surface area contributed by atoms with E-state index in [4.69, 9.17) is 4.98 Å². The standard InChI is InChI=1S/C26H24N6O2/c1-2-10-22(28-25(33)18-11-4-3-5-12-18)24-27-21-15-8-9-16-23(21)31(24)17-32-26(34)19-13-6-7-14-20(19)29-30-32/h3-9,11-16,22H,2,10,17H2,1H3,(H,28,33)/t22-/m1/s1. The van der Waals surface area contributed by atoms with Crippen molar-refractivity contribution in [3.8, 4) is 0 Å². The Bertz CT molecular complexity index is 1520. The van der Waals surface area contributed by atoms with E-state index in [-0.39, 0.29) is 24.2 Å². The predicted octanol–water partition coefficient (Wildman–Crippen LogP) is 3.92. The van der Waals surface area contributed by atoms with E-state index < -0.39 is 0 Å². The van der Waals surface area contributed by atoms with Crippen LogP contribution in [0.1, 0.15) is 42.0 Å². The van der Waals surface area contributed by atoms with Gasteiger partial charge in [-0.25, -0.2) is 4.98 Å². The molecule has 3 aromatic carbocycles. The van der Waals surface area contributed by atoms with Crippen LogP contribution in [0.25, 0.3) is 21.9 Å². The summed E-state index contributed by atoms with van der Waals surface area (Å²) >= 11 is 0. The summed E-state index contributed by atoms with van der Waals surface area (Å²) in [4.78, 5) is 30.9. The zero-order valence-corrected chi connectivity index (χ0v) is 18.8. The molecule has 5 rings (SSSR count). The minimum absolute atomic E-state index is 0.133. The number of imidazole rings is 1. The first-order chi connectivity index (χ1) is 16.7. The number of carbonyl (C=O) groups is 1. The monoisotopic (exact) mass is 452 g/mol. The number of rotatable bonds is 7. The van der Waals surface area contributed by atoms with Gasteiger partial charge in [0.2, 0.25) is 0 Å². The fourth-order valence-electron chi connectivity index (χ4n) is 4.14. The highest BCUT2D eigenvalue weighted by atomic mass is 16.2. The first-order valence-electron chi connectivity index (χ1n) is 11.3. The van der Waals surface area contributed by atoms with E-state index in [1.165, 1.54) is 4.68 Å². The van der Waals surface area contributed by atoms with Gasteiger partial charge in [-0.2, -0.15) is 4.68 Å². The molecule has 34 heavy (non-hydrogen) atoms. The second kappa shape index (κ2) is 9.27. The number of nitrogens with one attached hydrogen (secondary N) is 1. The normalized spacial score (nSPS) is 12.1. The van der Waals surface area contributed by atoms with Crippen molar-refractivity contribution in [2.45, 2.75) is 32.5 Å². The van der Waals surface area contributed by atoms with Gasteiger partial charge >= 0.3 is 0 Å². The van der Waals surface area contributed by atoms with Crippen LogP contribution in [0, 0.1) is 0 Å². The van der Waals surface area contributed by atoms with Crippen molar-refractivity contribution in [3.63, 3.8) is 0 Å². The molecule has 8 nitrogen and oxygen atoms in total. The van der Waals surface area contributed by atoms with Gasteiger partial charge in [-0.3, -0.25) is 9.59 Å². The minimum Gasteiger partial charge on any atom is -0.342 e. The molecular formula is C26H24N6O2. The van der Waals surface area contributed by atoms with Crippen molar-refractivity contribution in [1.29, 1.82) is 0 Å². The van der Waals surface area contributed by atoms with Gasteiger partial charge in [0.05, 0.1) is 22.5 Å². The fraction of sp³-hybridized carbons (Fsp3) is 0.192. The van der Waals surface area contributed by atoms with E-state index >= 15 is 0 Å². The fourth-order valence-corrected chi connectivity index (χ4v) is 4.14. The Balaban J connectivity index is 1.58. The average Bonchev–Trinajstić information content (AvgIpc) is 3.24. The van der Waals surface area contributed by atoms with Crippen LogP contribution in [-0.2, 0) is 6.67 Å². The van der Waals surface area contributed by atoms with Gasteiger partial charge in [-0.1, -0.05) is 61.0 Å². The number of nitrogens with zero attached hydrogens (tertiary/aromatic N) is 5. The zero-order valence-electron chi connectivity index (χ0n) is 18.8. The Morgan fingerprint density at radius 2 is 1.65 bits per heavy atom. The van der Waals surface area contributed by atoms with E-state index in [9.17, 15) is 9.59 Å². The molecule has 1 amide bonds. The quantitative estimate of drug-likeness (QED) is 0.404. The van der Waals surface area contributed by atoms with Gasteiger partial charge in [0, 0.05) is 5.56 Å². The molecule has 8 heteroatoms. The lowest BCUT2D eigenvalue weighted by molar-refractivity contribution is 0.0931. The number of aromatic nitrogens is 5. The number of hydrogen-bond acceptors (Lipinski definition) is 5. The molecule has 1 atom stereocenters. The summed E-state index contributed by atoms with van der Waals surface area (Å²) in [6, 6.07) is 23.6. The highest BCUT2D eigenvalue weighted by molar-refractivity contribution is 5.94. The lowest BCUT2D eigenvalue weighted by Gasteiger charge is -2.20. The molecule has 0 bridgehead atoms. The van der Waals surface area contributed by atoms with Gasteiger partial charge in [-0.05, 0) is 42.8 Å². The Kier molecular flexibility index (Phi) is 5.86. The van der Waals surface area contributed by atoms with Crippen LogP contribution in [0.15, 0.2) is 83.7 Å². The van der Waals surface area contributed by atoms with Crippen LogP contribution in [0.3, 0.4) is 0 Å². The summed E-state index contributed by atoms with van der Waals surface area (Å²) in [7, 11) is 0. The van der Waals surface area contributed by atoms with E-state index in [0.29, 0.717) is 28.7 Å². The van der Waals surface area contributed by atoms with Gasteiger partial charge in [0.25, 0.3) is 11.5 Å². The third kappa shape index (κ3) is 4.05. The Morgan fingerprint density at radius 1 is 0.941 bits per heavy atom. The number of para-hydroxylation sites is 2. The minimum atomic E-state index is -0.339. The van der Waals surface area contributed by atoms with Crippen molar-refractivity contribution in [3.05, 3.63) is 101 Å². The lowest BCUT2D eigenvalue weighted by atomic mass is 10.1. The van der Waals surface area contributed by atoms with Crippen molar-refractivity contribution in [2.24, 2.45) is 0 Å². The topological polar surface area (TPSA) is 94.7 Å². The van der Waals surface area contributed by atoms with Crippen LogP contribution >= 0.6 is 0 Å². The van der Waals surface area contributed by atoms with Crippen molar-refractivity contribution >= 4 is 27.8 Å². The predicted molar refractivity (Wildman–Crippen MR) is 130 cm³/mol. The van der Waals surface area contributed by atoms with Crippen molar-refractivity contribution < 1.29 is 4.79 Å². The van der Waals surface area contributed by atoms with Gasteiger partial charge in [0.1, 0.15) is 18.0 Å². The summed E-state index contributed by atoms with van der Waals surface area (Å²) < 4.78 is 3.27. The van der Waals surface area contributed by atoms with Gasteiger partial charge in [-0.15, -0.1) is 5.10 Å². The molecule has 2 heterocycles. The van der Waals surface area contributed by atoms with Crippen LogP contribution in [0.5, 0.6) is 0 Å². The van der Waals surface area contributed by atoms with E-state index in [1.54, 1.807) is 24.3 Å². The first-order valence-corrected chi connectivity index (χ1v) is 11.3. The molecule has 0 radical (unpaired) electrons. The van der Waals surface area contributed by atoms with Crippen molar-refractivity contribution in [1.82, 2.24) is 29.9 Å². The number of carbonyl (C=O) groups excluding carboxylic acids is 1. The number of amides is 1. The van der Waals surface area contributed by atoms with E-state index in [1.807, 2.05) is 59.2 Å². The molecule has 2 aromatic heterocycles. The summed E-state index contributed by atoms with van der Waals surface area (Å²) in [5.41, 5.74) is 2.56. The molecule has 5 aromatic rings. The highest BCUT2D eigenvalue weighted by Gasteiger charge is 2.23. The molecule has 0 aliphatic heterocycles. The lowest BCUT2D eigenvalue weighted by Crippen LogP contribution is -2.33. The van der Waals surface area contributed by atoms with Crippen LogP contribution < -0.4 is 10.9 Å². The molecule has 0 aliphatic carbocycles. The third-order valence-corrected chi connectivity index (χ3v) is 5.82. The Hall–Kier alpha value is -4.33. The summed E-state index contributed by atoms with van der Waals surface area (Å²) in [6.45, 7) is 2.20. The largest absolute Gasteiger partial charge is 0.342 e. The van der Waals surface area contributed by atoms with Gasteiger partial charge in [0.15, 0.2) is 0 Å². The Morgan fingerprint density at radius 3 is 2.44 bits per heavy atom. The summed E-state index contributed by atoms with van der Waals surface area (Å²) in [6.07, 6.45) is 1.54. The third-order valence-electron chi connectivity index (χ3n) is 5.82. The zero-order chi connectivity index (χ0) is 23.5.